The van der Waals surface area contributed by atoms with E-state index in [1.807, 2.05) is 0 Å². The second-order valence-electron chi connectivity index (χ2n) is 7.15. The van der Waals surface area contributed by atoms with Crippen LogP contribution in [0.25, 0.3) is 11.3 Å². The fourth-order valence-electron chi connectivity index (χ4n) is 4.15. The smallest absolute Gasteiger partial charge is 0.0958 e. The summed E-state index contributed by atoms with van der Waals surface area (Å²) in [6, 6.07) is 10.6. The van der Waals surface area contributed by atoms with Gasteiger partial charge in [0, 0.05) is 56.5 Å². The summed E-state index contributed by atoms with van der Waals surface area (Å²) in [6.07, 6.45) is 4.74. The van der Waals surface area contributed by atoms with Gasteiger partial charge in [0.15, 0.2) is 0 Å². The highest BCUT2D eigenvalue weighted by molar-refractivity contribution is 5.64. The molecule has 1 aromatic heterocycles. The summed E-state index contributed by atoms with van der Waals surface area (Å²) in [5.41, 5.74) is 5.28. The van der Waals surface area contributed by atoms with E-state index in [1.54, 1.807) is 0 Å². The average Bonchev–Trinajstić information content (AvgIpc) is 2.80. The van der Waals surface area contributed by atoms with Gasteiger partial charge in [0.05, 0.1) is 12.3 Å². The zero-order chi connectivity index (χ0) is 16.4. The molecular weight excluding hydrogens is 298 g/mol. The highest BCUT2D eigenvalue weighted by Crippen LogP contribution is 2.28. The summed E-state index contributed by atoms with van der Waals surface area (Å²) in [5, 5.41) is 4.82. The monoisotopic (exact) mass is 325 g/mol. The molecule has 2 aromatic rings. The molecule has 0 N–H and O–H groups in total. The van der Waals surface area contributed by atoms with Gasteiger partial charge in [-0.15, -0.1) is 0 Å². The van der Waals surface area contributed by atoms with Crippen LogP contribution in [0.1, 0.15) is 24.1 Å². The Bertz CT molecular complexity index is 674. The van der Waals surface area contributed by atoms with E-state index in [2.05, 4.69) is 47.0 Å². The van der Waals surface area contributed by atoms with Gasteiger partial charge >= 0.3 is 0 Å². The molecule has 0 amide bonds. The molecule has 1 saturated heterocycles. The van der Waals surface area contributed by atoms with Gasteiger partial charge in [0.25, 0.3) is 0 Å². The fourth-order valence-corrected chi connectivity index (χ4v) is 4.15. The van der Waals surface area contributed by atoms with Crippen LogP contribution in [0.3, 0.4) is 0 Å². The van der Waals surface area contributed by atoms with Crippen molar-refractivity contribution in [2.24, 2.45) is 13.0 Å². The number of rotatable bonds is 3. The minimum atomic E-state index is 0.715. The average molecular weight is 325 g/mol. The molecule has 4 nitrogen and oxygen atoms in total. The third-order valence-corrected chi connectivity index (χ3v) is 5.44. The Labute approximate surface area is 144 Å². The minimum Gasteiger partial charge on any atom is -0.381 e. The molecule has 4 heteroatoms. The summed E-state index contributed by atoms with van der Waals surface area (Å²) >= 11 is 0. The van der Waals surface area contributed by atoms with Crippen molar-refractivity contribution >= 4 is 0 Å². The largest absolute Gasteiger partial charge is 0.381 e. The van der Waals surface area contributed by atoms with E-state index in [9.17, 15) is 0 Å². The first-order valence-electron chi connectivity index (χ1n) is 9.21. The maximum absolute atomic E-state index is 5.66. The van der Waals surface area contributed by atoms with E-state index >= 15 is 0 Å². The maximum Gasteiger partial charge on any atom is 0.0958 e. The van der Waals surface area contributed by atoms with Crippen molar-refractivity contribution < 1.29 is 4.74 Å². The van der Waals surface area contributed by atoms with Crippen molar-refractivity contribution in [2.45, 2.75) is 25.7 Å². The van der Waals surface area contributed by atoms with E-state index in [-0.39, 0.29) is 0 Å². The van der Waals surface area contributed by atoms with Crippen LogP contribution in [0.4, 0.5) is 0 Å². The quantitative estimate of drug-likeness (QED) is 0.869. The summed E-state index contributed by atoms with van der Waals surface area (Å²) in [5.74, 6) is 0.715. The molecule has 0 saturated carbocycles. The van der Waals surface area contributed by atoms with Gasteiger partial charge in [-0.05, 0) is 25.2 Å². The van der Waals surface area contributed by atoms with Gasteiger partial charge in [0.1, 0.15) is 0 Å². The lowest BCUT2D eigenvalue weighted by Crippen LogP contribution is -2.35. The Morgan fingerprint density at radius 3 is 2.79 bits per heavy atom. The van der Waals surface area contributed by atoms with Crippen molar-refractivity contribution in [2.75, 3.05) is 32.8 Å². The lowest BCUT2D eigenvalue weighted by atomic mass is 10.0. The van der Waals surface area contributed by atoms with Crippen LogP contribution in [-0.4, -0.2) is 47.5 Å². The third kappa shape index (κ3) is 3.26. The van der Waals surface area contributed by atoms with Crippen molar-refractivity contribution in [1.82, 2.24) is 14.7 Å². The van der Waals surface area contributed by atoms with Crippen LogP contribution < -0.4 is 0 Å². The number of hydrogen-bond donors (Lipinski definition) is 0. The van der Waals surface area contributed by atoms with Crippen LogP contribution in [0.2, 0.25) is 0 Å². The number of aromatic nitrogens is 2. The van der Waals surface area contributed by atoms with Gasteiger partial charge in [-0.1, -0.05) is 30.3 Å². The third-order valence-electron chi connectivity index (χ3n) is 5.44. The summed E-state index contributed by atoms with van der Waals surface area (Å²) in [6.45, 7) is 5.35. The lowest BCUT2D eigenvalue weighted by molar-refractivity contribution is 0.0390. The van der Waals surface area contributed by atoms with E-state index < -0.39 is 0 Å². The molecule has 2 aliphatic heterocycles. The molecular formula is C20H27N3O. The Balaban J connectivity index is 1.50. The van der Waals surface area contributed by atoms with Crippen LogP contribution in [0, 0.1) is 5.92 Å². The molecule has 128 valence electrons. The summed E-state index contributed by atoms with van der Waals surface area (Å²) in [7, 11) is 2.09. The highest BCUT2D eigenvalue weighted by Gasteiger charge is 2.24. The standard InChI is InChI=1S/C20H27N3O/c1-22-19-10-12-23(14-16-6-5-13-24-15-16)11-9-18(19)20(21-22)17-7-3-2-4-8-17/h2-4,7-8,16H,5-6,9-15H2,1H3. The summed E-state index contributed by atoms with van der Waals surface area (Å²) < 4.78 is 7.76. The predicted molar refractivity (Wildman–Crippen MR) is 96.0 cm³/mol. The molecule has 24 heavy (non-hydrogen) atoms. The van der Waals surface area contributed by atoms with E-state index in [4.69, 9.17) is 9.84 Å². The Morgan fingerprint density at radius 1 is 1.17 bits per heavy atom. The molecule has 0 aliphatic carbocycles. The van der Waals surface area contributed by atoms with Crippen LogP contribution >= 0.6 is 0 Å². The number of fused-ring (bicyclic) bond motifs is 1. The predicted octanol–water partition coefficient (Wildman–Crippen LogP) is 2.91. The second-order valence-corrected chi connectivity index (χ2v) is 7.15. The van der Waals surface area contributed by atoms with Gasteiger partial charge < -0.3 is 9.64 Å². The molecule has 3 heterocycles. The molecule has 1 fully saturated rings. The van der Waals surface area contributed by atoms with E-state index in [1.165, 1.54) is 41.9 Å². The van der Waals surface area contributed by atoms with Gasteiger partial charge in [-0.3, -0.25) is 4.68 Å². The molecule has 0 bridgehead atoms. The first-order valence-corrected chi connectivity index (χ1v) is 9.21. The Kier molecular flexibility index (Phi) is 4.67. The fraction of sp³-hybridized carbons (Fsp3) is 0.550. The maximum atomic E-state index is 5.66. The molecule has 0 radical (unpaired) electrons. The number of nitrogens with zero attached hydrogens (tertiary/aromatic N) is 3. The van der Waals surface area contributed by atoms with Crippen molar-refractivity contribution in [1.29, 1.82) is 0 Å². The van der Waals surface area contributed by atoms with Gasteiger partial charge in [-0.25, -0.2) is 0 Å². The Hall–Kier alpha value is -1.65. The second kappa shape index (κ2) is 7.08. The molecule has 1 unspecified atom stereocenters. The molecule has 0 spiro atoms. The van der Waals surface area contributed by atoms with Gasteiger partial charge in [-0.2, -0.15) is 5.10 Å². The lowest BCUT2D eigenvalue weighted by Gasteiger charge is -2.28. The SMILES string of the molecule is Cn1nc(-c2ccccc2)c2c1CCN(CC1CCCOC1)CC2. The number of benzene rings is 1. The molecule has 1 atom stereocenters. The van der Waals surface area contributed by atoms with Gasteiger partial charge in [0.2, 0.25) is 0 Å². The van der Waals surface area contributed by atoms with Crippen molar-refractivity contribution in [3.05, 3.63) is 41.6 Å². The van der Waals surface area contributed by atoms with Crippen LogP contribution in [-0.2, 0) is 24.6 Å². The number of ether oxygens (including phenoxy) is 1. The van der Waals surface area contributed by atoms with E-state index in [0.717, 1.165) is 39.1 Å². The van der Waals surface area contributed by atoms with Crippen molar-refractivity contribution in [3.63, 3.8) is 0 Å². The first-order chi connectivity index (χ1) is 11.8. The molecule has 4 rings (SSSR count). The Morgan fingerprint density at radius 2 is 2.00 bits per heavy atom. The normalized spacial score (nSPS) is 22.1. The van der Waals surface area contributed by atoms with Crippen molar-refractivity contribution in [3.8, 4) is 11.3 Å². The number of aryl methyl sites for hydroxylation is 1. The van der Waals surface area contributed by atoms with E-state index in [0.29, 0.717) is 5.92 Å². The highest BCUT2D eigenvalue weighted by atomic mass is 16.5. The van der Waals surface area contributed by atoms with Crippen LogP contribution in [0.15, 0.2) is 30.3 Å². The zero-order valence-electron chi connectivity index (χ0n) is 14.6. The zero-order valence-corrected chi connectivity index (χ0v) is 14.6. The molecule has 2 aliphatic rings. The summed E-state index contributed by atoms with van der Waals surface area (Å²) in [4.78, 5) is 2.63. The van der Waals surface area contributed by atoms with Crippen LogP contribution in [0.5, 0.6) is 0 Å². The minimum absolute atomic E-state index is 0.715. The number of hydrogen-bond acceptors (Lipinski definition) is 3. The molecule has 1 aromatic carbocycles. The topological polar surface area (TPSA) is 30.3 Å². The first kappa shape index (κ1) is 15.9.